The Hall–Kier alpha value is -1.55. The number of nitrogens with zero attached hydrogens (tertiary/aromatic N) is 1. The summed E-state index contributed by atoms with van der Waals surface area (Å²) in [7, 11) is -3.57. The monoisotopic (exact) mass is 384 g/mol. The normalized spacial score (nSPS) is 10.9. The van der Waals surface area contributed by atoms with Gasteiger partial charge in [-0.3, -0.25) is 4.72 Å². The first-order valence-corrected chi connectivity index (χ1v) is 8.67. The Kier molecular flexibility index (Phi) is 4.88. The second-order valence-corrected chi connectivity index (χ2v) is 7.19. The van der Waals surface area contributed by atoms with Gasteiger partial charge in [-0.05, 0) is 45.8 Å². The number of hydrogen-bond acceptors (Lipinski definition) is 3. The molecule has 0 radical (unpaired) electrons. The molecule has 2 rings (SSSR count). The lowest BCUT2D eigenvalue weighted by molar-refractivity contribution is 0.600. The van der Waals surface area contributed by atoms with Gasteiger partial charge in [0.2, 0.25) is 10.0 Å². The molecule has 4 nitrogen and oxygen atoms in total. The lowest BCUT2D eigenvalue weighted by Crippen LogP contribution is -2.15. The molecule has 0 aliphatic heterocycles. The number of hydrogen-bond donors (Lipinski definition) is 1. The fourth-order valence-electron chi connectivity index (χ4n) is 1.68. The Morgan fingerprint density at radius 3 is 2.48 bits per heavy atom. The van der Waals surface area contributed by atoms with Crippen LogP contribution in [0.4, 0.5) is 5.69 Å². The standard InChI is InChI=1S/C14H10BrClN2O2S/c15-14-12(16)2-1-3-13(14)18-21(19,20)9-11-6-4-10(8-17)5-7-11/h1-7,18H,9H2. The zero-order valence-electron chi connectivity index (χ0n) is 10.7. The minimum absolute atomic E-state index is 0.183. The second-order valence-electron chi connectivity index (χ2n) is 4.27. The molecule has 2 aromatic rings. The van der Waals surface area contributed by atoms with Crippen molar-refractivity contribution in [3.63, 3.8) is 0 Å². The predicted octanol–water partition coefficient (Wildman–Crippen LogP) is 3.92. The van der Waals surface area contributed by atoms with E-state index in [0.29, 0.717) is 26.3 Å². The summed E-state index contributed by atoms with van der Waals surface area (Å²) < 4.78 is 27.3. The van der Waals surface area contributed by atoms with Crippen molar-refractivity contribution in [1.82, 2.24) is 0 Å². The molecule has 0 fully saturated rings. The highest BCUT2D eigenvalue weighted by atomic mass is 79.9. The zero-order chi connectivity index (χ0) is 15.5. The van der Waals surface area contributed by atoms with Crippen LogP contribution in [0, 0.1) is 11.3 Å². The summed E-state index contributed by atoms with van der Waals surface area (Å²) in [6.45, 7) is 0. The van der Waals surface area contributed by atoms with Crippen molar-refractivity contribution in [1.29, 1.82) is 5.26 Å². The van der Waals surface area contributed by atoms with Crippen LogP contribution in [-0.2, 0) is 15.8 Å². The summed E-state index contributed by atoms with van der Waals surface area (Å²) in [6.07, 6.45) is 0. The number of halogens is 2. The quantitative estimate of drug-likeness (QED) is 0.867. The van der Waals surface area contributed by atoms with Crippen molar-refractivity contribution in [2.45, 2.75) is 5.75 Å². The summed E-state index contributed by atoms with van der Waals surface area (Å²) >= 11 is 9.17. The first kappa shape index (κ1) is 15.8. The average Bonchev–Trinajstić information content (AvgIpc) is 2.44. The lowest BCUT2D eigenvalue weighted by atomic mass is 10.2. The lowest BCUT2D eigenvalue weighted by Gasteiger charge is -2.10. The molecule has 0 atom stereocenters. The van der Waals surface area contributed by atoms with Gasteiger partial charge in [0.05, 0.1) is 32.6 Å². The molecule has 1 N–H and O–H groups in total. The highest BCUT2D eigenvalue weighted by Gasteiger charge is 2.14. The maximum absolute atomic E-state index is 12.1. The van der Waals surface area contributed by atoms with E-state index in [0.717, 1.165) is 0 Å². The van der Waals surface area contributed by atoms with Gasteiger partial charge in [0, 0.05) is 0 Å². The Labute approximate surface area is 136 Å². The van der Waals surface area contributed by atoms with Crippen molar-refractivity contribution < 1.29 is 8.42 Å². The third-order valence-electron chi connectivity index (χ3n) is 2.66. The fraction of sp³-hybridized carbons (Fsp3) is 0.0714. The second kappa shape index (κ2) is 6.48. The summed E-state index contributed by atoms with van der Waals surface area (Å²) in [6, 6.07) is 13.3. The molecule has 0 heterocycles. The first-order valence-electron chi connectivity index (χ1n) is 5.85. The van der Waals surface area contributed by atoms with Gasteiger partial charge in [0.1, 0.15) is 0 Å². The number of nitrogens with one attached hydrogen (secondary N) is 1. The van der Waals surface area contributed by atoms with Gasteiger partial charge >= 0.3 is 0 Å². The summed E-state index contributed by atoms with van der Waals surface area (Å²) in [5.41, 5.74) is 1.47. The van der Waals surface area contributed by atoms with Crippen LogP contribution in [0.3, 0.4) is 0 Å². The Morgan fingerprint density at radius 1 is 1.19 bits per heavy atom. The molecule has 0 aliphatic rings. The van der Waals surface area contributed by atoms with Crippen molar-refractivity contribution in [2.24, 2.45) is 0 Å². The van der Waals surface area contributed by atoms with Gasteiger partial charge in [-0.25, -0.2) is 8.42 Å². The molecular formula is C14H10BrClN2O2S. The molecule has 0 saturated carbocycles. The van der Waals surface area contributed by atoms with Crippen LogP contribution in [0.5, 0.6) is 0 Å². The molecule has 7 heteroatoms. The van der Waals surface area contributed by atoms with Gasteiger partial charge in [0.15, 0.2) is 0 Å². The van der Waals surface area contributed by atoms with E-state index in [2.05, 4.69) is 20.7 Å². The van der Waals surface area contributed by atoms with E-state index in [4.69, 9.17) is 16.9 Å². The summed E-state index contributed by atoms with van der Waals surface area (Å²) in [5.74, 6) is -0.183. The van der Waals surface area contributed by atoms with Gasteiger partial charge in [-0.2, -0.15) is 5.26 Å². The fourth-order valence-corrected chi connectivity index (χ4v) is 3.56. The molecule has 0 spiro atoms. The van der Waals surface area contributed by atoms with E-state index in [1.54, 1.807) is 42.5 Å². The van der Waals surface area contributed by atoms with Crippen LogP contribution in [-0.4, -0.2) is 8.42 Å². The van der Waals surface area contributed by atoms with Crippen LogP contribution in [0.2, 0.25) is 5.02 Å². The first-order chi connectivity index (χ1) is 9.91. The Bertz CT molecular complexity index is 799. The van der Waals surface area contributed by atoms with Crippen LogP contribution in [0.25, 0.3) is 0 Å². The van der Waals surface area contributed by atoms with Gasteiger partial charge in [-0.15, -0.1) is 0 Å². The molecule has 0 aliphatic carbocycles. The number of anilines is 1. The van der Waals surface area contributed by atoms with E-state index in [-0.39, 0.29) is 5.75 Å². The SMILES string of the molecule is N#Cc1ccc(CS(=O)(=O)Nc2cccc(Cl)c2Br)cc1. The average molecular weight is 386 g/mol. The molecule has 0 amide bonds. The maximum Gasteiger partial charge on any atom is 0.236 e. The largest absolute Gasteiger partial charge is 0.282 e. The van der Waals surface area contributed by atoms with Crippen LogP contribution in [0.1, 0.15) is 11.1 Å². The van der Waals surface area contributed by atoms with Gasteiger partial charge in [-0.1, -0.05) is 29.8 Å². The Balaban J connectivity index is 2.18. The van der Waals surface area contributed by atoms with Crippen LogP contribution in [0.15, 0.2) is 46.9 Å². The molecule has 0 aromatic heterocycles. The minimum atomic E-state index is -3.57. The molecule has 0 saturated heterocycles. The topological polar surface area (TPSA) is 70.0 Å². The van der Waals surface area contributed by atoms with Crippen LogP contribution >= 0.6 is 27.5 Å². The number of nitriles is 1. The van der Waals surface area contributed by atoms with E-state index < -0.39 is 10.0 Å². The Morgan fingerprint density at radius 2 is 1.86 bits per heavy atom. The number of rotatable bonds is 4. The maximum atomic E-state index is 12.1. The highest BCUT2D eigenvalue weighted by molar-refractivity contribution is 9.10. The van der Waals surface area contributed by atoms with E-state index in [1.165, 1.54) is 0 Å². The summed E-state index contributed by atoms with van der Waals surface area (Å²) in [5, 5.41) is 9.14. The van der Waals surface area contributed by atoms with Crippen molar-refractivity contribution in [3.05, 3.63) is 63.1 Å². The third kappa shape index (κ3) is 4.21. The highest BCUT2D eigenvalue weighted by Crippen LogP contribution is 2.30. The predicted molar refractivity (Wildman–Crippen MR) is 86.6 cm³/mol. The van der Waals surface area contributed by atoms with E-state index in [9.17, 15) is 8.42 Å². The minimum Gasteiger partial charge on any atom is -0.282 e. The number of benzene rings is 2. The third-order valence-corrected chi connectivity index (χ3v) is 5.30. The number of sulfonamides is 1. The molecule has 0 unspecified atom stereocenters. The molecule has 0 bridgehead atoms. The molecule has 108 valence electrons. The van der Waals surface area contributed by atoms with Gasteiger partial charge in [0.25, 0.3) is 0 Å². The zero-order valence-corrected chi connectivity index (χ0v) is 13.8. The van der Waals surface area contributed by atoms with Gasteiger partial charge < -0.3 is 0 Å². The van der Waals surface area contributed by atoms with Crippen molar-refractivity contribution in [3.8, 4) is 6.07 Å². The molecule has 2 aromatic carbocycles. The van der Waals surface area contributed by atoms with E-state index >= 15 is 0 Å². The van der Waals surface area contributed by atoms with Crippen molar-refractivity contribution in [2.75, 3.05) is 4.72 Å². The molecular weight excluding hydrogens is 376 g/mol. The van der Waals surface area contributed by atoms with E-state index in [1.807, 2.05) is 6.07 Å². The smallest absolute Gasteiger partial charge is 0.236 e. The molecule has 21 heavy (non-hydrogen) atoms. The van der Waals surface area contributed by atoms with Crippen molar-refractivity contribution >= 4 is 43.2 Å². The van der Waals surface area contributed by atoms with Crippen LogP contribution < -0.4 is 4.72 Å². The summed E-state index contributed by atoms with van der Waals surface area (Å²) in [4.78, 5) is 0.